The quantitative estimate of drug-likeness (QED) is 0.158. The first kappa shape index (κ1) is 26.9. The van der Waals surface area contributed by atoms with Gasteiger partial charge < -0.3 is 20.6 Å². The number of nitrogens with two attached hydrogens (primary N) is 1. The van der Waals surface area contributed by atoms with Crippen LogP contribution in [-0.2, 0) is 11.0 Å². The van der Waals surface area contributed by atoms with E-state index in [1.165, 1.54) is 20.3 Å². The minimum atomic E-state index is -4.65. The number of anilines is 2. The molecule has 0 fully saturated rings. The molecule has 0 saturated heterocycles. The van der Waals surface area contributed by atoms with E-state index < -0.39 is 22.7 Å². The third kappa shape index (κ3) is 6.51. The summed E-state index contributed by atoms with van der Waals surface area (Å²) in [7, 11) is 3.06. The third-order valence-electron chi connectivity index (χ3n) is 4.68. The average Bonchev–Trinajstić information content (AvgIpc) is 3.20. The summed E-state index contributed by atoms with van der Waals surface area (Å²) >= 11 is 6.52. The van der Waals surface area contributed by atoms with Crippen molar-refractivity contribution in [2.24, 2.45) is 5.10 Å². The van der Waals surface area contributed by atoms with E-state index in [9.17, 15) is 18.0 Å². The van der Waals surface area contributed by atoms with Gasteiger partial charge in [-0.15, -0.1) is 10.2 Å². The molecule has 0 bridgehead atoms. The van der Waals surface area contributed by atoms with E-state index in [0.29, 0.717) is 17.2 Å². The summed E-state index contributed by atoms with van der Waals surface area (Å²) in [5, 5.41) is 14.1. The fourth-order valence-electron chi connectivity index (χ4n) is 2.86. The molecule has 0 aliphatic rings. The lowest BCUT2D eigenvalue weighted by molar-refractivity contribution is -0.137. The number of hydrogen-bond acceptors (Lipinski definition) is 9. The lowest BCUT2D eigenvalue weighted by atomic mass is 10.1. The molecule has 36 heavy (non-hydrogen) atoms. The molecule has 4 N–H and O–H groups in total. The van der Waals surface area contributed by atoms with E-state index in [-0.39, 0.29) is 22.5 Å². The summed E-state index contributed by atoms with van der Waals surface area (Å²) < 4.78 is 50.6. The van der Waals surface area contributed by atoms with Crippen LogP contribution >= 0.6 is 23.4 Å². The predicted octanol–water partition coefficient (Wildman–Crippen LogP) is 4.25. The Labute approximate surface area is 213 Å². The standard InChI is InChI=1S/C21H21ClF3N7O3S/c1-11(12-4-7-16(34-2)17(8-12)35-3)28-29-19-30-31-20(32(19)26)36-10-18(33)27-13-5-6-15(22)14(9-13)21(23,24)25/h4-9H,10,26H2,1-3H3,(H,27,33)(H,29,30)/b28-11+. The van der Waals surface area contributed by atoms with Crippen LogP contribution in [0.2, 0.25) is 5.02 Å². The molecule has 1 amide bonds. The maximum atomic E-state index is 13.0. The molecule has 3 aromatic rings. The Morgan fingerprint density at radius 2 is 1.89 bits per heavy atom. The molecule has 1 heterocycles. The van der Waals surface area contributed by atoms with Gasteiger partial charge >= 0.3 is 6.18 Å². The van der Waals surface area contributed by atoms with Crippen molar-refractivity contribution in [1.82, 2.24) is 14.9 Å². The summed E-state index contributed by atoms with van der Waals surface area (Å²) in [6, 6.07) is 8.39. The number of hydrazone groups is 1. The minimum absolute atomic E-state index is 0.0473. The van der Waals surface area contributed by atoms with Crippen LogP contribution in [0, 0.1) is 0 Å². The van der Waals surface area contributed by atoms with Crippen molar-refractivity contribution in [3.8, 4) is 11.5 Å². The van der Waals surface area contributed by atoms with Gasteiger partial charge in [-0.2, -0.15) is 18.3 Å². The molecule has 3 rings (SSSR count). The average molecular weight is 544 g/mol. The van der Waals surface area contributed by atoms with Crippen LogP contribution in [0.1, 0.15) is 18.1 Å². The van der Waals surface area contributed by atoms with Crippen molar-refractivity contribution in [3.05, 3.63) is 52.5 Å². The molecule has 2 aromatic carbocycles. The number of nitrogens with zero attached hydrogens (tertiary/aromatic N) is 4. The van der Waals surface area contributed by atoms with Crippen LogP contribution in [0.5, 0.6) is 11.5 Å². The number of hydrogen-bond donors (Lipinski definition) is 3. The van der Waals surface area contributed by atoms with Crippen LogP contribution in [0.25, 0.3) is 0 Å². The SMILES string of the molecule is COc1ccc(/C(C)=N/Nc2nnc(SCC(=O)Nc3ccc(Cl)c(C(F)(F)F)c3)n2N)cc1OC. The number of aromatic nitrogens is 3. The summed E-state index contributed by atoms with van der Waals surface area (Å²) in [5.74, 6) is 6.42. The number of carbonyl (C=O) groups is 1. The second-order valence-electron chi connectivity index (χ2n) is 7.08. The smallest absolute Gasteiger partial charge is 0.417 e. The van der Waals surface area contributed by atoms with Crippen LogP contribution in [-0.4, -0.2) is 46.5 Å². The summed E-state index contributed by atoms with van der Waals surface area (Å²) in [5.41, 5.74) is 2.95. The highest BCUT2D eigenvalue weighted by molar-refractivity contribution is 7.99. The fraction of sp³-hybridized carbons (Fsp3) is 0.238. The maximum Gasteiger partial charge on any atom is 0.417 e. The summed E-state index contributed by atoms with van der Waals surface area (Å²) in [4.78, 5) is 12.2. The molecule has 15 heteroatoms. The fourth-order valence-corrected chi connectivity index (χ4v) is 3.74. The van der Waals surface area contributed by atoms with Crippen molar-refractivity contribution in [2.75, 3.05) is 36.6 Å². The zero-order valence-corrected chi connectivity index (χ0v) is 20.8. The Hall–Kier alpha value is -3.65. The first-order valence-electron chi connectivity index (χ1n) is 10.1. The number of nitrogens with one attached hydrogen (secondary N) is 2. The molecule has 0 atom stereocenters. The Balaban J connectivity index is 1.61. The Bertz CT molecular complexity index is 1280. The third-order valence-corrected chi connectivity index (χ3v) is 5.95. The van der Waals surface area contributed by atoms with E-state index in [2.05, 4.69) is 26.0 Å². The van der Waals surface area contributed by atoms with Crippen LogP contribution in [0.15, 0.2) is 46.7 Å². The molecule has 10 nitrogen and oxygen atoms in total. The summed E-state index contributed by atoms with van der Waals surface area (Å²) in [6.07, 6.45) is -4.65. The molecule has 0 saturated carbocycles. The monoisotopic (exact) mass is 543 g/mol. The highest BCUT2D eigenvalue weighted by atomic mass is 35.5. The van der Waals surface area contributed by atoms with Crippen molar-refractivity contribution in [1.29, 1.82) is 0 Å². The number of nitrogen functional groups attached to an aromatic ring is 1. The molecular formula is C21H21ClF3N7O3S. The molecule has 0 unspecified atom stereocenters. The number of carbonyl (C=O) groups excluding carboxylic acids is 1. The van der Waals surface area contributed by atoms with Gasteiger partial charge in [-0.1, -0.05) is 23.4 Å². The van der Waals surface area contributed by atoms with Gasteiger partial charge in [0.1, 0.15) is 0 Å². The molecule has 0 spiro atoms. The zero-order chi connectivity index (χ0) is 26.5. The van der Waals surface area contributed by atoms with Gasteiger partial charge in [-0.05, 0) is 43.3 Å². The van der Waals surface area contributed by atoms with E-state index in [1.807, 2.05) is 0 Å². The number of rotatable bonds is 9. The van der Waals surface area contributed by atoms with E-state index in [4.69, 9.17) is 26.9 Å². The van der Waals surface area contributed by atoms with Crippen LogP contribution < -0.4 is 26.1 Å². The first-order chi connectivity index (χ1) is 17.0. The van der Waals surface area contributed by atoms with Gasteiger partial charge in [0, 0.05) is 11.3 Å². The molecular weight excluding hydrogens is 523 g/mol. The van der Waals surface area contributed by atoms with Crippen molar-refractivity contribution in [2.45, 2.75) is 18.3 Å². The number of thioether (sulfide) groups is 1. The number of alkyl halides is 3. The molecule has 0 aliphatic heterocycles. The Morgan fingerprint density at radius 3 is 2.56 bits per heavy atom. The van der Waals surface area contributed by atoms with Gasteiger partial charge in [0.15, 0.2) is 11.5 Å². The lowest BCUT2D eigenvalue weighted by Gasteiger charge is -2.11. The molecule has 0 radical (unpaired) electrons. The normalized spacial score (nSPS) is 11.8. The maximum absolute atomic E-state index is 13.0. The predicted molar refractivity (Wildman–Crippen MR) is 131 cm³/mol. The molecule has 192 valence electrons. The highest BCUT2D eigenvalue weighted by Crippen LogP contribution is 2.36. The van der Waals surface area contributed by atoms with E-state index >= 15 is 0 Å². The van der Waals surface area contributed by atoms with Crippen molar-refractivity contribution >= 4 is 46.6 Å². The van der Waals surface area contributed by atoms with Gasteiger partial charge in [0.05, 0.1) is 36.3 Å². The minimum Gasteiger partial charge on any atom is -0.493 e. The van der Waals surface area contributed by atoms with Gasteiger partial charge in [-0.25, -0.2) is 10.1 Å². The largest absolute Gasteiger partial charge is 0.493 e. The van der Waals surface area contributed by atoms with Crippen molar-refractivity contribution in [3.63, 3.8) is 0 Å². The molecule has 0 aliphatic carbocycles. The second kappa shape index (κ2) is 11.4. The topological polar surface area (TPSA) is 129 Å². The second-order valence-corrected chi connectivity index (χ2v) is 8.43. The van der Waals surface area contributed by atoms with Gasteiger partial charge in [0.25, 0.3) is 5.95 Å². The summed E-state index contributed by atoms with van der Waals surface area (Å²) in [6.45, 7) is 1.76. The highest BCUT2D eigenvalue weighted by Gasteiger charge is 2.33. The number of amides is 1. The van der Waals surface area contributed by atoms with Crippen LogP contribution in [0.3, 0.4) is 0 Å². The van der Waals surface area contributed by atoms with E-state index in [1.54, 1.807) is 25.1 Å². The van der Waals surface area contributed by atoms with Crippen LogP contribution in [0.4, 0.5) is 24.8 Å². The molecule has 1 aromatic heterocycles. The number of methoxy groups -OCH3 is 2. The Kier molecular flexibility index (Phi) is 8.53. The Morgan fingerprint density at radius 1 is 1.17 bits per heavy atom. The van der Waals surface area contributed by atoms with Gasteiger partial charge in [0.2, 0.25) is 11.1 Å². The zero-order valence-electron chi connectivity index (χ0n) is 19.2. The lowest BCUT2D eigenvalue weighted by Crippen LogP contribution is -2.17. The number of benzene rings is 2. The van der Waals surface area contributed by atoms with Gasteiger partial charge in [-0.3, -0.25) is 4.79 Å². The number of halogens is 4. The number of ether oxygens (including phenoxy) is 2. The van der Waals surface area contributed by atoms with Crippen molar-refractivity contribution < 1.29 is 27.4 Å². The first-order valence-corrected chi connectivity index (χ1v) is 11.4. The van der Waals surface area contributed by atoms with E-state index in [0.717, 1.165) is 34.1 Å².